The molecule has 21 heavy (non-hydrogen) atoms. The van der Waals surface area contributed by atoms with Gasteiger partial charge in [-0.15, -0.1) is 11.8 Å². The molecule has 0 aliphatic carbocycles. The number of nitrogens with zero attached hydrogens (tertiary/aromatic N) is 1. The molecule has 110 valence electrons. The number of carbonyl (C=O) groups excluding carboxylic acids is 1. The Morgan fingerprint density at radius 3 is 2.76 bits per heavy atom. The number of hydrogen-bond donors (Lipinski definition) is 0. The molecule has 0 saturated carbocycles. The van der Waals surface area contributed by atoms with Crippen LogP contribution in [0, 0.1) is 5.82 Å². The second-order valence-electron chi connectivity index (χ2n) is 4.42. The molecule has 0 bridgehead atoms. The monoisotopic (exact) mass is 305 g/mol. The van der Waals surface area contributed by atoms with Crippen LogP contribution < -0.4 is 4.74 Å². The lowest BCUT2D eigenvalue weighted by molar-refractivity contribution is 0.102. The van der Waals surface area contributed by atoms with E-state index in [0.717, 1.165) is 11.3 Å². The predicted octanol–water partition coefficient (Wildman–Crippen LogP) is 3.98. The van der Waals surface area contributed by atoms with Crippen molar-refractivity contribution >= 4 is 17.5 Å². The predicted molar refractivity (Wildman–Crippen MR) is 81.5 cm³/mol. The Bertz CT molecular complexity index is 601. The Balaban J connectivity index is 1.95. The van der Waals surface area contributed by atoms with E-state index in [-0.39, 0.29) is 17.4 Å². The largest absolute Gasteiger partial charge is 0.492 e. The first-order chi connectivity index (χ1) is 10.2. The first-order valence-corrected chi connectivity index (χ1v) is 7.67. The number of benzene rings is 1. The van der Waals surface area contributed by atoms with Crippen LogP contribution in [0.4, 0.5) is 4.39 Å². The summed E-state index contributed by atoms with van der Waals surface area (Å²) < 4.78 is 18.3. The lowest BCUT2D eigenvalue weighted by Gasteiger charge is -2.06. The SMILES string of the molecule is CCCOc1cncc(C(=O)CSc2ccc(F)cc2)c1. The number of thioether (sulfide) groups is 1. The molecule has 0 amide bonds. The summed E-state index contributed by atoms with van der Waals surface area (Å²) in [6, 6.07) is 7.79. The molecule has 1 aromatic heterocycles. The molecule has 0 fully saturated rings. The number of ether oxygens (including phenoxy) is 1. The van der Waals surface area contributed by atoms with Gasteiger partial charge >= 0.3 is 0 Å². The first-order valence-electron chi connectivity index (χ1n) is 6.68. The van der Waals surface area contributed by atoms with E-state index >= 15 is 0 Å². The third kappa shape index (κ3) is 4.86. The molecule has 0 N–H and O–H groups in total. The summed E-state index contributed by atoms with van der Waals surface area (Å²) in [5.41, 5.74) is 0.526. The van der Waals surface area contributed by atoms with Crippen LogP contribution in [0.25, 0.3) is 0 Å². The van der Waals surface area contributed by atoms with Crippen molar-refractivity contribution in [3.63, 3.8) is 0 Å². The Morgan fingerprint density at radius 2 is 2.05 bits per heavy atom. The number of Topliss-reactive ketones (excluding diaryl/α,β-unsaturated/α-hetero) is 1. The normalized spacial score (nSPS) is 10.4. The molecule has 0 aliphatic rings. The van der Waals surface area contributed by atoms with Gasteiger partial charge in [0.25, 0.3) is 0 Å². The van der Waals surface area contributed by atoms with E-state index in [1.54, 1.807) is 24.4 Å². The standard InChI is InChI=1S/C16H16FNO2S/c1-2-7-20-14-8-12(9-18-10-14)16(19)11-21-15-5-3-13(17)4-6-15/h3-6,8-10H,2,7,11H2,1H3. The van der Waals surface area contributed by atoms with Crippen LogP contribution in [0.3, 0.4) is 0 Å². The summed E-state index contributed by atoms with van der Waals surface area (Å²) >= 11 is 1.37. The molecular weight excluding hydrogens is 289 g/mol. The second-order valence-corrected chi connectivity index (χ2v) is 5.47. The lowest BCUT2D eigenvalue weighted by Crippen LogP contribution is -2.04. The molecule has 1 heterocycles. The number of aromatic nitrogens is 1. The van der Waals surface area contributed by atoms with Gasteiger partial charge < -0.3 is 4.74 Å². The average Bonchev–Trinajstić information content (AvgIpc) is 2.52. The molecule has 0 aliphatic heterocycles. The molecule has 0 spiro atoms. The van der Waals surface area contributed by atoms with E-state index in [2.05, 4.69) is 4.98 Å². The van der Waals surface area contributed by atoms with Gasteiger partial charge in [-0.2, -0.15) is 0 Å². The molecule has 3 nitrogen and oxygen atoms in total. The molecule has 2 aromatic rings. The maximum Gasteiger partial charge on any atom is 0.174 e. The summed E-state index contributed by atoms with van der Waals surface area (Å²) in [6.45, 7) is 2.62. The number of pyridine rings is 1. The number of rotatable bonds is 7. The van der Waals surface area contributed by atoms with Gasteiger partial charge in [0, 0.05) is 16.7 Å². The fourth-order valence-corrected chi connectivity index (χ4v) is 2.43. The van der Waals surface area contributed by atoms with Crippen LogP contribution in [0.1, 0.15) is 23.7 Å². The van der Waals surface area contributed by atoms with Gasteiger partial charge in [0.1, 0.15) is 11.6 Å². The van der Waals surface area contributed by atoms with Crippen molar-refractivity contribution in [1.82, 2.24) is 4.98 Å². The Labute approximate surface area is 127 Å². The number of ketones is 1. The van der Waals surface area contributed by atoms with Crippen molar-refractivity contribution in [2.45, 2.75) is 18.2 Å². The van der Waals surface area contributed by atoms with Crippen LogP contribution in [-0.2, 0) is 0 Å². The highest BCUT2D eigenvalue weighted by atomic mass is 32.2. The summed E-state index contributed by atoms with van der Waals surface area (Å²) in [7, 11) is 0. The molecule has 0 atom stereocenters. The third-order valence-corrected chi connectivity index (χ3v) is 3.70. The first kappa shape index (κ1) is 15.5. The minimum Gasteiger partial charge on any atom is -0.492 e. The molecular formula is C16H16FNO2S. The Kier molecular flexibility index (Phi) is 5.75. The lowest BCUT2D eigenvalue weighted by atomic mass is 10.2. The van der Waals surface area contributed by atoms with Crippen LogP contribution in [-0.4, -0.2) is 23.1 Å². The van der Waals surface area contributed by atoms with Crippen molar-refractivity contribution in [2.24, 2.45) is 0 Å². The van der Waals surface area contributed by atoms with Gasteiger partial charge in [0.05, 0.1) is 18.6 Å². The van der Waals surface area contributed by atoms with Crippen molar-refractivity contribution < 1.29 is 13.9 Å². The third-order valence-electron chi connectivity index (χ3n) is 2.69. The average molecular weight is 305 g/mol. The zero-order chi connectivity index (χ0) is 15.1. The topological polar surface area (TPSA) is 39.2 Å². The highest BCUT2D eigenvalue weighted by Crippen LogP contribution is 2.20. The van der Waals surface area contributed by atoms with Crippen LogP contribution in [0.2, 0.25) is 0 Å². The maximum atomic E-state index is 12.8. The molecule has 0 saturated heterocycles. The van der Waals surface area contributed by atoms with E-state index in [4.69, 9.17) is 4.74 Å². The van der Waals surface area contributed by atoms with Crippen LogP contribution >= 0.6 is 11.8 Å². The van der Waals surface area contributed by atoms with E-state index < -0.39 is 0 Å². The van der Waals surface area contributed by atoms with Gasteiger partial charge in [-0.3, -0.25) is 9.78 Å². The summed E-state index contributed by atoms with van der Waals surface area (Å²) in [6.07, 6.45) is 4.03. The van der Waals surface area contributed by atoms with Crippen molar-refractivity contribution in [3.05, 3.63) is 54.1 Å². The summed E-state index contributed by atoms with van der Waals surface area (Å²) in [5, 5.41) is 0. The number of hydrogen-bond acceptors (Lipinski definition) is 4. The molecule has 2 rings (SSSR count). The van der Waals surface area contributed by atoms with Gasteiger partial charge in [-0.05, 0) is 36.8 Å². The van der Waals surface area contributed by atoms with Crippen molar-refractivity contribution in [1.29, 1.82) is 0 Å². The fraction of sp³-hybridized carbons (Fsp3) is 0.250. The minimum atomic E-state index is -0.282. The van der Waals surface area contributed by atoms with Gasteiger partial charge in [0.2, 0.25) is 0 Å². The van der Waals surface area contributed by atoms with E-state index in [9.17, 15) is 9.18 Å². The van der Waals surface area contributed by atoms with E-state index in [1.165, 1.54) is 30.1 Å². The summed E-state index contributed by atoms with van der Waals surface area (Å²) in [4.78, 5) is 17.0. The van der Waals surface area contributed by atoms with Crippen LogP contribution in [0.15, 0.2) is 47.6 Å². The second kappa shape index (κ2) is 7.78. The minimum absolute atomic E-state index is 0.0289. The van der Waals surface area contributed by atoms with Gasteiger partial charge in [-0.1, -0.05) is 6.92 Å². The highest BCUT2D eigenvalue weighted by Gasteiger charge is 2.09. The summed E-state index contributed by atoms with van der Waals surface area (Å²) in [5.74, 6) is 0.578. The zero-order valence-corrected chi connectivity index (χ0v) is 12.5. The zero-order valence-electron chi connectivity index (χ0n) is 11.7. The van der Waals surface area contributed by atoms with E-state index in [1.807, 2.05) is 6.92 Å². The highest BCUT2D eigenvalue weighted by molar-refractivity contribution is 8.00. The number of halogens is 1. The maximum absolute atomic E-state index is 12.8. The quantitative estimate of drug-likeness (QED) is 0.573. The fourth-order valence-electron chi connectivity index (χ4n) is 1.63. The Hall–Kier alpha value is -1.88. The molecule has 0 radical (unpaired) electrons. The molecule has 0 unspecified atom stereocenters. The van der Waals surface area contributed by atoms with E-state index in [0.29, 0.717) is 17.9 Å². The Morgan fingerprint density at radius 1 is 1.29 bits per heavy atom. The van der Waals surface area contributed by atoms with Gasteiger partial charge in [-0.25, -0.2) is 4.39 Å². The van der Waals surface area contributed by atoms with Crippen LogP contribution in [0.5, 0.6) is 5.75 Å². The van der Waals surface area contributed by atoms with Crippen molar-refractivity contribution in [2.75, 3.05) is 12.4 Å². The van der Waals surface area contributed by atoms with Gasteiger partial charge in [0.15, 0.2) is 5.78 Å². The molecule has 1 aromatic carbocycles. The molecule has 5 heteroatoms. The smallest absolute Gasteiger partial charge is 0.174 e. The number of carbonyl (C=O) groups is 1. The van der Waals surface area contributed by atoms with Crippen molar-refractivity contribution in [3.8, 4) is 5.75 Å².